The molecular formula is C33H30N4O6S2. The van der Waals surface area contributed by atoms with Gasteiger partial charge in [0.1, 0.15) is 11.8 Å². The van der Waals surface area contributed by atoms with E-state index in [0.29, 0.717) is 15.6 Å². The van der Waals surface area contributed by atoms with Gasteiger partial charge in [-0.05, 0) is 47.7 Å². The molecule has 0 unspecified atom stereocenters. The Morgan fingerprint density at radius 2 is 1.58 bits per heavy atom. The second-order valence-electron chi connectivity index (χ2n) is 12.2. The quantitative estimate of drug-likeness (QED) is 0.158. The maximum absolute atomic E-state index is 14.1. The van der Waals surface area contributed by atoms with Gasteiger partial charge in [-0.3, -0.25) is 33.9 Å². The lowest BCUT2D eigenvalue weighted by atomic mass is 9.81. The Bertz CT molecular complexity index is 1890. The molecule has 0 saturated carbocycles. The molecule has 230 valence electrons. The molecule has 6 rings (SSSR count). The van der Waals surface area contributed by atoms with Gasteiger partial charge < -0.3 is 5.32 Å². The van der Waals surface area contributed by atoms with Gasteiger partial charge in [-0.2, -0.15) is 0 Å². The number of benzene rings is 3. The predicted octanol–water partition coefficient (Wildman–Crippen LogP) is 5.86. The molecule has 4 aromatic rings. The van der Waals surface area contributed by atoms with E-state index in [-0.39, 0.29) is 28.2 Å². The van der Waals surface area contributed by atoms with Crippen molar-refractivity contribution in [3.05, 3.63) is 114 Å². The predicted molar refractivity (Wildman–Crippen MR) is 174 cm³/mol. The average Bonchev–Trinajstić information content (AvgIpc) is 3.44. The van der Waals surface area contributed by atoms with Gasteiger partial charge in [0.2, 0.25) is 17.7 Å². The molecule has 1 N–H and O–H groups in total. The second-order valence-corrected chi connectivity index (χ2v) is 14.4. The first kappa shape index (κ1) is 30.5. The van der Waals surface area contributed by atoms with Crippen LogP contribution in [-0.2, 0) is 26.3 Å². The number of nitro benzene ring substituents is 1. The first-order chi connectivity index (χ1) is 21.3. The average molecular weight is 643 g/mol. The normalized spacial score (nSPS) is 19.3. The van der Waals surface area contributed by atoms with E-state index in [1.165, 1.54) is 28.8 Å². The van der Waals surface area contributed by atoms with Crippen molar-refractivity contribution in [3.63, 3.8) is 0 Å². The highest BCUT2D eigenvalue weighted by atomic mass is 32.2. The fourth-order valence-electron chi connectivity index (χ4n) is 5.76. The van der Waals surface area contributed by atoms with Crippen molar-refractivity contribution in [2.45, 2.75) is 55.8 Å². The summed E-state index contributed by atoms with van der Waals surface area (Å²) >= 11 is 2.11. The van der Waals surface area contributed by atoms with Crippen LogP contribution in [0.15, 0.2) is 82.6 Å². The van der Waals surface area contributed by atoms with Gasteiger partial charge in [0, 0.05) is 28.6 Å². The molecule has 1 aromatic heterocycles. The molecule has 1 saturated heterocycles. The van der Waals surface area contributed by atoms with E-state index in [4.69, 9.17) is 0 Å². The molecule has 3 aromatic carbocycles. The Kier molecular flexibility index (Phi) is 7.74. The maximum atomic E-state index is 14.1. The van der Waals surface area contributed by atoms with E-state index in [0.717, 1.165) is 44.7 Å². The molecular weight excluding hydrogens is 613 g/mol. The Balaban J connectivity index is 1.41. The molecule has 3 atom stereocenters. The number of fused-ring (bicyclic) bond motifs is 2. The standard InChI is InChI=1S/C33H30N4O6S2/c1-18-5-11-21(12-6-18)34-24(38)17-35-31-28(45-32(35)41)25(19-7-9-20(10-8-19)33(2,3)4)26-27(44-31)30(40)36(29(26)39)22-13-15-23(16-14-22)37(42)43/h5-16,25-27H,17H2,1-4H3,(H,34,38)/t25-,26+,27-/m0/s1. The summed E-state index contributed by atoms with van der Waals surface area (Å²) < 4.78 is 1.38. The van der Waals surface area contributed by atoms with Crippen LogP contribution in [-0.4, -0.2) is 32.5 Å². The van der Waals surface area contributed by atoms with Gasteiger partial charge in [-0.1, -0.05) is 85.8 Å². The molecule has 3 amide bonds. The molecule has 10 nitrogen and oxygen atoms in total. The molecule has 0 spiro atoms. The highest BCUT2D eigenvalue weighted by molar-refractivity contribution is 8.00. The van der Waals surface area contributed by atoms with Crippen molar-refractivity contribution in [2.24, 2.45) is 5.92 Å². The number of aryl methyl sites for hydroxylation is 1. The van der Waals surface area contributed by atoms with Gasteiger partial charge in [-0.15, -0.1) is 0 Å². The highest BCUT2D eigenvalue weighted by Crippen LogP contribution is 2.54. The summed E-state index contributed by atoms with van der Waals surface area (Å²) in [5.41, 5.74) is 3.49. The molecule has 0 aliphatic carbocycles. The van der Waals surface area contributed by atoms with Gasteiger partial charge in [0.05, 0.1) is 21.6 Å². The number of imide groups is 1. The lowest BCUT2D eigenvalue weighted by Crippen LogP contribution is -2.33. The van der Waals surface area contributed by atoms with Crippen LogP contribution in [0, 0.1) is 23.0 Å². The first-order valence-corrected chi connectivity index (χ1v) is 16.0. The SMILES string of the molecule is Cc1ccc(NC(=O)Cn2c3c(sc2=O)[C@@H](c2ccc(C(C)(C)C)cc2)[C@H]2C(=O)N(c4ccc([N+](=O)[O-])cc4)C(=O)[C@H]2S3)cc1. The number of thiazole rings is 1. The Morgan fingerprint density at radius 1 is 0.933 bits per heavy atom. The summed E-state index contributed by atoms with van der Waals surface area (Å²) in [4.78, 5) is 66.6. The van der Waals surface area contributed by atoms with Gasteiger partial charge in [0.25, 0.3) is 5.69 Å². The third kappa shape index (κ3) is 5.59. The zero-order valence-corrected chi connectivity index (χ0v) is 26.6. The molecule has 0 radical (unpaired) electrons. The Hall–Kier alpha value is -4.55. The lowest BCUT2D eigenvalue weighted by molar-refractivity contribution is -0.384. The number of carbonyl (C=O) groups excluding carboxylic acids is 3. The Labute approximate surface area is 267 Å². The summed E-state index contributed by atoms with van der Waals surface area (Å²) in [6.07, 6.45) is 0. The van der Waals surface area contributed by atoms with E-state index in [2.05, 4.69) is 26.1 Å². The summed E-state index contributed by atoms with van der Waals surface area (Å²) in [7, 11) is 0. The first-order valence-electron chi connectivity index (χ1n) is 14.3. The van der Waals surface area contributed by atoms with Crippen molar-refractivity contribution in [1.29, 1.82) is 0 Å². The zero-order chi connectivity index (χ0) is 32.2. The molecule has 45 heavy (non-hydrogen) atoms. The summed E-state index contributed by atoms with van der Waals surface area (Å²) in [5, 5.41) is 13.6. The number of hydrogen-bond acceptors (Lipinski definition) is 8. The third-order valence-corrected chi connectivity index (χ3v) is 10.7. The van der Waals surface area contributed by atoms with Crippen LogP contribution < -0.4 is 15.1 Å². The number of rotatable bonds is 6. The maximum Gasteiger partial charge on any atom is 0.308 e. The van der Waals surface area contributed by atoms with Crippen molar-refractivity contribution in [2.75, 3.05) is 10.2 Å². The van der Waals surface area contributed by atoms with Crippen LogP contribution in [0.25, 0.3) is 0 Å². The second kappa shape index (κ2) is 11.4. The molecule has 12 heteroatoms. The van der Waals surface area contributed by atoms with E-state index in [1.807, 2.05) is 43.3 Å². The summed E-state index contributed by atoms with van der Waals surface area (Å²) in [6.45, 7) is 7.98. The number of non-ortho nitro benzene ring substituents is 1. The van der Waals surface area contributed by atoms with Crippen molar-refractivity contribution in [1.82, 2.24) is 4.57 Å². The number of anilines is 2. The number of hydrogen-bond donors (Lipinski definition) is 1. The number of thioether (sulfide) groups is 1. The van der Waals surface area contributed by atoms with Crippen molar-refractivity contribution < 1.29 is 19.3 Å². The van der Waals surface area contributed by atoms with Crippen molar-refractivity contribution >= 4 is 57.9 Å². The monoisotopic (exact) mass is 642 g/mol. The fraction of sp³-hybridized carbons (Fsp3) is 0.273. The number of amides is 3. The summed E-state index contributed by atoms with van der Waals surface area (Å²) in [6, 6.07) is 20.5. The summed E-state index contributed by atoms with van der Waals surface area (Å²) in [5.74, 6) is -2.74. The van der Waals surface area contributed by atoms with Gasteiger partial charge in [-0.25, -0.2) is 4.90 Å². The van der Waals surface area contributed by atoms with Gasteiger partial charge >= 0.3 is 4.87 Å². The van der Waals surface area contributed by atoms with Crippen LogP contribution in [0.4, 0.5) is 17.1 Å². The van der Waals surface area contributed by atoms with Crippen LogP contribution in [0.5, 0.6) is 0 Å². The smallest absolute Gasteiger partial charge is 0.308 e. The molecule has 2 aliphatic rings. The highest BCUT2D eigenvalue weighted by Gasteiger charge is 2.56. The number of carbonyl (C=O) groups is 3. The largest absolute Gasteiger partial charge is 0.325 e. The third-order valence-electron chi connectivity index (χ3n) is 8.14. The van der Waals surface area contributed by atoms with E-state index >= 15 is 0 Å². The zero-order valence-electron chi connectivity index (χ0n) is 25.0. The number of nitrogens with one attached hydrogen (secondary N) is 1. The molecule has 2 aliphatic heterocycles. The Morgan fingerprint density at radius 3 is 2.18 bits per heavy atom. The van der Waals surface area contributed by atoms with Crippen LogP contribution in [0.2, 0.25) is 0 Å². The number of nitro groups is 1. The number of nitrogens with zero attached hydrogens (tertiary/aromatic N) is 3. The minimum absolute atomic E-state index is 0.112. The van der Waals surface area contributed by atoms with E-state index in [9.17, 15) is 29.3 Å². The topological polar surface area (TPSA) is 132 Å². The number of aromatic nitrogens is 1. The molecule has 3 heterocycles. The van der Waals surface area contributed by atoms with Crippen LogP contribution in [0.1, 0.15) is 48.3 Å². The minimum Gasteiger partial charge on any atom is -0.325 e. The van der Waals surface area contributed by atoms with Crippen LogP contribution in [0.3, 0.4) is 0 Å². The molecule has 0 bridgehead atoms. The van der Waals surface area contributed by atoms with Crippen molar-refractivity contribution in [3.8, 4) is 0 Å². The lowest BCUT2D eigenvalue weighted by Gasteiger charge is -2.31. The van der Waals surface area contributed by atoms with E-state index < -0.39 is 39.7 Å². The van der Waals surface area contributed by atoms with Crippen LogP contribution >= 0.6 is 23.1 Å². The molecule has 1 fully saturated rings. The van der Waals surface area contributed by atoms with Gasteiger partial charge in [0.15, 0.2) is 0 Å². The van der Waals surface area contributed by atoms with E-state index in [1.54, 1.807) is 12.1 Å². The fourth-order valence-corrected chi connectivity index (χ4v) is 8.54. The minimum atomic E-state index is -0.868.